The number of imide groups is 1. The molecule has 1 aliphatic heterocycles. The van der Waals surface area contributed by atoms with Gasteiger partial charge < -0.3 is 5.32 Å². The summed E-state index contributed by atoms with van der Waals surface area (Å²) in [5.41, 5.74) is 0.596. The first kappa shape index (κ1) is 15.4. The first-order chi connectivity index (χ1) is 10.6. The summed E-state index contributed by atoms with van der Waals surface area (Å²) in [5, 5.41) is 6.60. The van der Waals surface area contributed by atoms with Crippen molar-refractivity contribution in [2.75, 3.05) is 5.75 Å². The van der Waals surface area contributed by atoms with E-state index in [1.807, 2.05) is 0 Å². The summed E-state index contributed by atoms with van der Waals surface area (Å²) in [6.45, 7) is 1.74. The molecule has 1 aromatic rings. The molecule has 9 heteroatoms. The normalized spacial score (nSPS) is 25.6. The molecule has 3 rings (SSSR count). The van der Waals surface area contributed by atoms with Gasteiger partial charge in [0.25, 0.3) is 11.1 Å². The first-order valence-electron chi connectivity index (χ1n) is 7.16. The molecule has 3 amide bonds. The van der Waals surface area contributed by atoms with Gasteiger partial charge in [0.05, 0.1) is 23.5 Å². The molecular formula is C13H16N4O3S2. The molecule has 2 aliphatic rings. The second-order valence-corrected chi connectivity index (χ2v) is 7.12. The van der Waals surface area contributed by atoms with E-state index in [0.29, 0.717) is 10.6 Å². The quantitative estimate of drug-likeness (QED) is 0.898. The Labute approximate surface area is 136 Å². The molecule has 0 aromatic carbocycles. The molecule has 0 radical (unpaired) electrons. The van der Waals surface area contributed by atoms with Gasteiger partial charge in [-0.05, 0) is 31.3 Å². The van der Waals surface area contributed by atoms with Crippen molar-refractivity contribution < 1.29 is 14.4 Å². The Balaban J connectivity index is 1.75. The first-order valence-corrected chi connectivity index (χ1v) is 8.92. The van der Waals surface area contributed by atoms with Crippen LogP contribution in [0.4, 0.5) is 4.79 Å². The van der Waals surface area contributed by atoms with Crippen molar-refractivity contribution in [1.82, 2.24) is 19.8 Å². The molecule has 7 nitrogen and oxygen atoms in total. The second kappa shape index (κ2) is 6.33. The lowest BCUT2D eigenvalue weighted by atomic mass is 9.89. The van der Waals surface area contributed by atoms with E-state index in [2.05, 4.69) is 14.9 Å². The van der Waals surface area contributed by atoms with Crippen LogP contribution in [0.15, 0.2) is 0 Å². The highest BCUT2D eigenvalue weighted by atomic mass is 32.2. The monoisotopic (exact) mass is 340 g/mol. The Morgan fingerprint density at radius 2 is 2.09 bits per heavy atom. The molecule has 22 heavy (non-hydrogen) atoms. The molecule has 2 atom stereocenters. The lowest BCUT2D eigenvalue weighted by molar-refractivity contribution is -0.127. The molecule has 1 saturated heterocycles. The fourth-order valence-corrected chi connectivity index (χ4v) is 4.27. The molecule has 0 bridgehead atoms. The van der Waals surface area contributed by atoms with E-state index in [1.165, 1.54) is 4.90 Å². The van der Waals surface area contributed by atoms with Crippen LogP contribution < -0.4 is 5.32 Å². The van der Waals surface area contributed by atoms with Gasteiger partial charge in [-0.15, -0.1) is 5.10 Å². The van der Waals surface area contributed by atoms with Crippen LogP contribution in [-0.4, -0.2) is 49.4 Å². The Morgan fingerprint density at radius 1 is 1.32 bits per heavy atom. The average Bonchev–Trinajstić information content (AvgIpc) is 3.06. The highest BCUT2D eigenvalue weighted by Crippen LogP contribution is 2.30. The minimum atomic E-state index is -0.242. The minimum absolute atomic E-state index is 0.156. The maximum atomic E-state index is 12.3. The number of nitrogens with zero attached hydrogens (tertiary/aromatic N) is 3. The smallest absolute Gasteiger partial charge is 0.289 e. The van der Waals surface area contributed by atoms with Gasteiger partial charge in [-0.2, -0.15) is 0 Å². The molecule has 1 N–H and O–H groups in total. The third-order valence-corrected chi connectivity index (χ3v) is 5.68. The van der Waals surface area contributed by atoms with E-state index in [1.54, 1.807) is 6.92 Å². The standard InChI is InChI=1S/C13H16N4O3S2/c1-7-11(22-16-15-7)12(19)14-8-4-2-3-5-9(8)17-10(18)6-21-13(17)20/h8-9H,2-6H2,1H3,(H,14,19)/t8-,9+/m0/s1. The molecule has 0 spiro atoms. The van der Waals surface area contributed by atoms with Crippen molar-refractivity contribution in [2.45, 2.75) is 44.7 Å². The zero-order valence-corrected chi connectivity index (χ0v) is 13.7. The highest BCUT2D eigenvalue weighted by Gasteiger charge is 2.41. The van der Waals surface area contributed by atoms with Crippen LogP contribution in [0.25, 0.3) is 0 Å². The third kappa shape index (κ3) is 2.87. The number of carbonyl (C=O) groups excluding carboxylic acids is 3. The number of hydrogen-bond donors (Lipinski definition) is 1. The molecule has 2 heterocycles. The number of aromatic nitrogens is 2. The predicted molar refractivity (Wildman–Crippen MR) is 82.9 cm³/mol. The number of rotatable bonds is 3. The summed E-state index contributed by atoms with van der Waals surface area (Å²) in [5.74, 6) is -0.179. The molecule has 2 fully saturated rings. The molecule has 1 aliphatic carbocycles. The summed E-state index contributed by atoms with van der Waals surface area (Å²) in [7, 11) is 0. The lowest BCUT2D eigenvalue weighted by Crippen LogP contribution is -2.54. The number of aryl methyl sites for hydroxylation is 1. The summed E-state index contributed by atoms with van der Waals surface area (Å²) in [4.78, 5) is 38.1. The fraction of sp³-hybridized carbons (Fsp3) is 0.615. The van der Waals surface area contributed by atoms with E-state index in [4.69, 9.17) is 0 Å². The van der Waals surface area contributed by atoms with Crippen LogP contribution >= 0.6 is 23.3 Å². The second-order valence-electron chi connectivity index (χ2n) is 5.44. The van der Waals surface area contributed by atoms with Crippen molar-refractivity contribution in [3.63, 3.8) is 0 Å². The van der Waals surface area contributed by atoms with Gasteiger partial charge in [0.15, 0.2) is 0 Å². The summed E-state index contributed by atoms with van der Waals surface area (Å²) in [6.07, 6.45) is 3.44. The van der Waals surface area contributed by atoms with Crippen molar-refractivity contribution in [3.05, 3.63) is 10.6 Å². The Hall–Kier alpha value is -1.48. The number of nitrogens with one attached hydrogen (secondary N) is 1. The molecule has 1 aromatic heterocycles. The lowest BCUT2D eigenvalue weighted by Gasteiger charge is -2.36. The van der Waals surface area contributed by atoms with Gasteiger partial charge in [-0.1, -0.05) is 29.1 Å². The van der Waals surface area contributed by atoms with Crippen LogP contribution in [0, 0.1) is 6.92 Å². The summed E-state index contributed by atoms with van der Waals surface area (Å²) >= 11 is 2.09. The van der Waals surface area contributed by atoms with E-state index < -0.39 is 0 Å². The van der Waals surface area contributed by atoms with Crippen LogP contribution in [0.2, 0.25) is 0 Å². The number of thioether (sulfide) groups is 1. The van der Waals surface area contributed by atoms with Crippen molar-refractivity contribution in [1.29, 1.82) is 0 Å². The minimum Gasteiger partial charge on any atom is -0.346 e. The SMILES string of the molecule is Cc1nnsc1C(=O)N[C@H]1CCCC[C@H]1N1C(=O)CSC1=O. The van der Waals surface area contributed by atoms with Crippen LogP contribution in [0.5, 0.6) is 0 Å². The number of hydrogen-bond acceptors (Lipinski definition) is 7. The van der Waals surface area contributed by atoms with Gasteiger partial charge in [0.1, 0.15) is 4.88 Å². The van der Waals surface area contributed by atoms with Gasteiger partial charge in [0.2, 0.25) is 5.91 Å². The van der Waals surface area contributed by atoms with E-state index >= 15 is 0 Å². The van der Waals surface area contributed by atoms with Crippen LogP contribution in [-0.2, 0) is 4.79 Å². The van der Waals surface area contributed by atoms with Crippen molar-refractivity contribution >= 4 is 40.3 Å². The zero-order valence-electron chi connectivity index (χ0n) is 12.1. The van der Waals surface area contributed by atoms with Gasteiger partial charge >= 0.3 is 0 Å². The van der Waals surface area contributed by atoms with Gasteiger partial charge in [-0.3, -0.25) is 19.3 Å². The van der Waals surface area contributed by atoms with Gasteiger partial charge in [-0.25, -0.2) is 0 Å². The van der Waals surface area contributed by atoms with Crippen molar-refractivity contribution in [2.24, 2.45) is 0 Å². The molecule has 1 saturated carbocycles. The van der Waals surface area contributed by atoms with E-state index in [0.717, 1.165) is 49.0 Å². The van der Waals surface area contributed by atoms with Crippen molar-refractivity contribution in [3.8, 4) is 0 Å². The van der Waals surface area contributed by atoms with Gasteiger partial charge in [0, 0.05) is 0 Å². The van der Waals surface area contributed by atoms with Crippen LogP contribution in [0.1, 0.15) is 41.0 Å². The number of carbonyl (C=O) groups is 3. The number of amides is 3. The fourth-order valence-electron chi connectivity index (χ4n) is 2.95. The Kier molecular flexibility index (Phi) is 4.44. The topological polar surface area (TPSA) is 92.3 Å². The Morgan fingerprint density at radius 3 is 2.73 bits per heavy atom. The largest absolute Gasteiger partial charge is 0.346 e. The van der Waals surface area contributed by atoms with Crippen LogP contribution in [0.3, 0.4) is 0 Å². The molecule has 0 unspecified atom stereocenters. The van der Waals surface area contributed by atoms with E-state index in [-0.39, 0.29) is 34.9 Å². The summed E-state index contributed by atoms with van der Waals surface area (Å²) < 4.78 is 3.77. The highest BCUT2D eigenvalue weighted by molar-refractivity contribution is 8.14. The average molecular weight is 340 g/mol. The maximum Gasteiger partial charge on any atom is 0.289 e. The Bertz CT molecular complexity index is 602. The zero-order chi connectivity index (χ0) is 15.7. The van der Waals surface area contributed by atoms with E-state index in [9.17, 15) is 14.4 Å². The third-order valence-electron chi connectivity index (χ3n) is 4.02. The summed E-state index contributed by atoms with van der Waals surface area (Å²) in [6, 6.07) is -0.441. The predicted octanol–water partition coefficient (Wildman–Crippen LogP) is 1.58. The maximum absolute atomic E-state index is 12.3. The molecule has 118 valence electrons. The molecular weight excluding hydrogens is 324 g/mol.